The number of rotatable bonds is 6. The molecule has 4 rings (SSSR count). The number of hydrogen-bond donors (Lipinski definition) is 2. The summed E-state index contributed by atoms with van der Waals surface area (Å²) in [7, 11) is 3.40. The van der Waals surface area contributed by atoms with Gasteiger partial charge in [0, 0.05) is 11.8 Å². The van der Waals surface area contributed by atoms with E-state index in [4.69, 9.17) is 23.2 Å². The minimum atomic E-state index is -4.84. The summed E-state index contributed by atoms with van der Waals surface area (Å²) >= 11 is 12.2. The van der Waals surface area contributed by atoms with Crippen LogP contribution in [-0.2, 0) is 11.0 Å². The van der Waals surface area contributed by atoms with Crippen LogP contribution >= 0.6 is 35.6 Å². The molecule has 0 atom stereocenters. The highest BCUT2D eigenvalue weighted by Gasteiger charge is 2.39. The molecule has 4 aromatic rings. The van der Waals surface area contributed by atoms with Crippen LogP contribution in [0, 0.1) is 0 Å². The topological polar surface area (TPSA) is 78.7 Å². The zero-order valence-electron chi connectivity index (χ0n) is 19.9. The quantitative estimate of drug-likeness (QED) is 0.270. The van der Waals surface area contributed by atoms with Crippen molar-refractivity contribution in [2.45, 2.75) is 6.18 Å². The molecule has 0 spiro atoms. The van der Waals surface area contributed by atoms with Gasteiger partial charge in [0.05, 0.1) is 39.2 Å². The molecule has 38 heavy (non-hydrogen) atoms. The number of pyridine rings is 1. The molecule has 0 aliphatic carbocycles. The van der Waals surface area contributed by atoms with Crippen LogP contribution in [0.5, 0.6) is 0 Å². The smallest absolute Gasteiger partial charge is 0.324 e. The molecule has 13 heteroatoms. The van der Waals surface area contributed by atoms with Crippen LogP contribution in [0.25, 0.3) is 16.9 Å². The van der Waals surface area contributed by atoms with E-state index in [0.29, 0.717) is 0 Å². The van der Waals surface area contributed by atoms with E-state index in [1.807, 2.05) is 0 Å². The Balaban J connectivity index is 0.00000400. The minimum absolute atomic E-state index is 0. The van der Waals surface area contributed by atoms with Gasteiger partial charge in [-0.05, 0) is 44.4 Å². The van der Waals surface area contributed by atoms with Crippen LogP contribution in [0.4, 0.5) is 24.5 Å². The molecule has 0 fully saturated rings. The van der Waals surface area contributed by atoms with Gasteiger partial charge in [-0.3, -0.25) is 14.0 Å². The lowest BCUT2D eigenvalue weighted by atomic mass is 10.1. The maximum atomic E-state index is 14.2. The van der Waals surface area contributed by atoms with Gasteiger partial charge in [-0.1, -0.05) is 47.5 Å². The van der Waals surface area contributed by atoms with Crippen LogP contribution in [0.3, 0.4) is 0 Å². The number of hydrogen-bond acceptors (Lipinski definition) is 4. The molecule has 2 amide bonds. The van der Waals surface area contributed by atoms with Crippen LogP contribution in [0.2, 0.25) is 10.0 Å². The van der Waals surface area contributed by atoms with Crippen molar-refractivity contribution in [1.82, 2.24) is 14.3 Å². The van der Waals surface area contributed by atoms with Crippen molar-refractivity contribution in [1.29, 1.82) is 0 Å². The predicted molar refractivity (Wildman–Crippen MR) is 144 cm³/mol. The van der Waals surface area contributed by atoms with Crippen LogP contribution < -0.4 is 10.6 Å². The van der Waals surface area contributed by atoms with Crippen molar-refractivity contribution in [3.63, 3.8) is 0 Å². The molecule has 0 unspecified atom stereocenters. The Labute approximate surface area is 232 Å². The monoisotopic (exact) mass is 585 g/mol. The average molecular weight is 587 g/mol. The molecule has 0 saturated carbocycles. The number of nitrogens with zero attached hydrogens (tertiary/aromatic N) is 3. The van der Waals surface area contributed by atoms with Crippen molar-refractivity contribution >= 4 is 64.4 Å². The maximum absolute atomic E-state index is 14.2. The van der Waals surface area contributed by atoms with Gasteiger partial charge in [0.25, 0.3) is 5.91 Å². The van der Waals surface area contributed by atoms with Crippen molar-refractivity contribution in [2.75, 3.05) is 31.3 Å². The molecule has 0 saturated heterocycles. The van der Waals surface area contributed by atoms with Gasteiger partial charge in [-0.15, -0.1) is 12.4 Å². The molecule has 200 valence electrons. The standard InChI is InChI=1S/C25H20Cl2F3N5O2.ClH/c1-34(2)13-19(36)31-17-10-4-3-7-14(17)21-22(25(28,29)30)33-23-18(11-6-12-35(21)23)32-24(37)20-15(26)8-5-9-16(20)27;/h3-12H,13H2,1-2H3,(H,31,36)(H,32,37);1H. The van der Waals surface area contributed by atoms with Crippen LogP contribution in [0.1, 0.15) is 16.1 Å². The Morgan fingerprint density at radius 2 is 1.58 bits per heavy atom. The summed E-state index contributed by atoms with van der Waals surface area (Å²) in [5, 5.41) is 5.39. The fraction of sp³-hybridized carbons (Fsp3) is 0.160. The second kappa shape index (κ2) is 11.6. The Kier molecular flexibility index (Phi) is 8.94. The number of imidazole rings is 1. The number of amides is 2. The lowest BCUT2D eigenvalue weighted by Gasteiger charge is -2.15. The van der Waals surface area contributed by atoms with Crippen molar-refractivity contribution in [3.05, 3.63) is 82.1 Å². The Bertz CT molecular complexity index is 1490. The normalized spacial score (nSPS) is 11.4. The number of nitrogens with one attached hydrogen (secondary N) is 2. The number of anilines is 2. The number of fused-ring (bicyclic) bond motifs is 1. The maximum Gasteiger partial charge on any atom is 0.435 e. The zero-order valence-corrected chi connectivity index (χ0v) is 22.3. The second-order valence-corrected chi connectivity index (χ2v) is 9.12. The van der Waals surface area contributed by atoms with Crippen LogP contribution in [-0.4, -0.2) is 46.7 Å². The Morgan fingerprint density at radius 3 is 2.21 bits per heavy atom. The first-order valence-corrected chi connectivity index (χ1v) is 11.6. The molecular formula is C25H21Cl3F3N5O2. The lowest BCUT2D eigenvalue weighted by Crippen LogP contribution is -2.27. The van der Waals surface area contributed by atoms with E-state index in [9.17, 15) is 22.8 Å². The van der Waals surface area contributed by atoms with Crippen molar-refractivity contribution in [3.8, 4) is 11.3 Å². The molecule has 0 aliphatic rings. The van der Waals surface area contributed by atoms with Crippen molar-refractivity contribution < 1.29 is 22.8 Å². The highest BCUT2D eigenvalue weighted by molar-refractivity contribution is 6.40. The number of halogens is 6. The molecule has 2 aromatic carbocycles. The average Bonchev–Trinajstić information content (AvgIpc) is 3.20. The zero-order chi connectivity index (χ0) is 26.9. The fourth-order valence-corrected chi connectivity index (χ4v) is 4.36. The third-order valence-electron chi connectivity index (χ3n) is 5.27. The molecule has 0 bridgehead atoms. The van der Waals surface area contributed by atoms with Gasteiger partial charge in [0.1, 0.15) is 0 Å². The van der Waals surface area contributed by atoms with Gasteiger partial charge in [-0.25, -0.2) is 4.98 Å². The summed E-state index contributed by atoms with van der Waals surface area (Å²) in [6.07, 6.45) is -3.45. The molecule has 2 heterocycles. The van der Waals surface area contributed by atoms with E-state index in [0.717, 1.165) is 0 Å². The Morgan fingerprint density at radius 1 is 0.947 bits per heavy atom. The number of carbonyl (C=O) groups excluding carboxylic acids is 2. The molecule has 2 aromatic heterocycles. The summed E-state index contributed by atoms with van der Waals surface area (Å²) in [5.74, 6) is -1.11. The number of benzene rings is 2. The molecule has 7 nitrogen and oxygen atoms in total. The van der Waals surface area contributed by atoms with E-state index in [-0.39, 0.29) is 62.8 Å². The second-order valence-electron chi connectivity index (χ2n) is 8.30. The molecular weight excluding hydrogens is 566 g/mol. The van der Waals surface area contributed by atoms with E-state index in [1.165, 1.54) is 47.0 Å². The summed E-state index contributed by atoms with van der Waals surface area (Å²) in [6, 6.07) is 13.5. The number of alkyl halides is 3. The summed E-state index contributed by atoms with van der Waals surface area (Å²) in [6.45, 7) is 0.0361. The van der Waals surface area contributed by atoms with Gasteiger partial charge in [0.15, 0.2) is 11.3 Å². The number of para-hydroxylation sites is 1. The lowest BCUT2D eigenvalue weighted by molar-refractivity contribution is -0.140. The third kappa shape index (κ3) is 6.05. The SMILES string of the molecule is CN(C)CC(=O)Nc1ccccc1-c1c(C(F)(F)F)nc2c(NC(=O)c3c(Cl)cccc3Cl)cccn12.Cl. The first-order chi connectivity index (χ1) is 17.5. The number of aromatic nitrogens is 2. The number of likely N-dealkylation sites (N-methyl/N-ethyl adjacent to an activating group) is 1. The highest BCUT2D eigenvalue weighted by atomic mass is 35.5. The van der Waals surface area contributed by atoms with Gasteiger partial charge in [0.2, 0.25) is 5.91 Å². The Hall–Kier alpha value is -3.31. The number of carbonyl (C=O) groups is 2. The summed E-state index contributed by atoms with van der Waals surface area (Å²) in [4.78, 5) is 30.8. The van der Waals surface area contributed by atoms with Gasteiger partial charge in [-0.2, -0.15) is 13.2 Å². The predicted octanol–water partition coefficient (Wildman–Crippen LogP) is 6.50. The first kappa shape index (κ1) is 29.2. The van der Waals surface area contributed by atoms with Crippen LogP contribution in [0.15, 0.2) is 60.8 Å². The molecule has 0 radical (unpaired) electrons. The minimum Gasteiger partial charge on any atom is -0.324 e. The van der Waals surface area contributed by atoms with Gasteiger partial charge >= 0.3 is 6.18 Å². The van der Waals surface area contributed by atoms with E-state index in [2.05, 4.69) is 15.6 Å². The fourth-order valence-electron chi connectivity index (χ4n) is 3.80. The molecule has 2 N–H and O–H groups in total. The summed E-state index contributed by atoms with van der Waals surface area (Å²) in [5.41, 5.74) is -1.37. The highest BCUT2D eigenvalue weighted by Crippen LogP contribution is 2.41. The van der Waals surface area contributed by atoms with E-state index >= 15 is 0 Å². The van der Waals surface area contributed by atoms with Crippen molar-refractivity contribution in [2.24, 2.45) is 0 Å². The summed E-state index contributed by atoms with van der Waals surface area (Å²) < 4.78 is 43.8. The third-order valence-corrected chi connectivity index (χ3v) is 5.90. The van der Waals surface area contributed by atoms with E-state index in [1.54, 1.807) is 37.2 Å². The first-order valence-electron chi connectivity index (χ1n) is 10.8. The molecule has 0 aliphatic heterocycles. The largest absolute Gasteiger partial charge is 0.435 e. The van der Waals surface area contributed by atoms with Gasteiger partial charge < -0.3 is 15.5 Å². The van der Waals surface area contributed by atoms with E-state index < -0.39 is 23.7 Å².